The van der Waals surface area contributed by atoms with Crippen molar-refractivity contribution in [2.45, 2.75) is 38.7 Å². The SMILES string of the molecule is CC(=O)C[C@@H](C)c1ccc(OC2CCN(c3ccnc(Oc4ccccc4)c3)C2)cc1. The first kappa shape index (κ1) is 20.9. The van der Waals surface area contributed by atoms with Gasteiger partial charge in [-0.3, -0.25) is 0 Å². The van der Waals surface area contributed by atoms with Crippen molar-refractivity contribution in [2.75, 3.05) is 18.0 Å². The normalized spacial score (nSPS) is 16.7. The van der Waals surface area contributed by atoms with Gasteiger partial charge in [0.15, 0.2) is 0 Å². The summed E-state index contributed by atoms with van der Waals surface area (Å²) in [6.45, 7) is 5.46. The minimum Gasteiger partial charge on any atom is -0.489 e. The number of benzene rings is 2. The van der Waals surface area contributed by atoms with Crippen molar-refractivity contribution in [3.63, 3.8) is 0 Å². The van der Waals surface area contributed by atoms with Crippen molar-refractivity contribution >= 4 is 11.5 Å². The van der Waals surface area contributed by atoms with Crippen LogP contribution in [0.2, 0.25) is 0 Å². The fourth-order valence-corrected chi connectivity index (χ4v) is 3.94. The van der Waals surface area contributed by atoms with E-state index in [-0.39, 0.29) is 17.8 Å². The molecule has 5 nitrogen and oxygen atoms in total. The Morgan fingerprint density at radius 2 is 1.87 bits per heavy atom. The van der Waals surface area contributed by atoms with Gasteiger partial charge in [0, 0.05) is 37.3 Å². The number of anilines is 1. The number of hydrogen-bond donors (Lipinski definition) is 0. The van der Waals surface area contributed by atoms with E-state index in [0.29, 0.717) is 12.3 Å². The first-order chi connectivity index (χ1) is 15.1. The lowest BCUT2D eigenvalue weighted by Gasteiger charge is -2.20. The molecule has 0 N–H and O–H groups in total. The number of aromatic nitrogens is 1. The Labute approximate surface area is 183 Å². The van der Waals surface area contributed by atoms with Crippen molar-refractivity contribution < 1.29 is 14.3 Å². The summed E-state index contributed by atoms with van der Waals surface area (Å²) in [5.41, 5.74) is 2.25. The number of hydrogen-bond acceptors (Lipinski definition) is 5. The van der Waals surface area contributed by atoms with Crippen molar-refractivity contribution in [3.05, 3.63) is 78.5 Å². The topological polar surface area (TPSA) is 51.7 Å². The van der Waals surface area contributed by atoms with Gasteiger partial charge in [-0.2, -0.15) is 0 Å². The number of nitrogens with zero attached hydrogens (tertiary/aromatic N) is 2. The minimum absolute atomic E-state index is 0.132. The van der Waals surface area contributed by atoms with E-state index < -0.39 is 0 Å². The molecule has 1 aliphatic rings. The van der Waals surface area contributed by atoms with Crippen LogP contribution in [0.15, 0.2) is 72.9 Å². The molecule has 0 saturated carbocycles. The molecule has 4 rings (SSSR count). The summed E-state index contributed by atoms with van der Waals surface area (Å²) in [6.07, 6.45) is 3.44. The first-order valence-corrected chi connectivity index (χ1v) is 10.8. The second-order valence-electron chi connectivity index (χ2n) is 8.12. The molecule has 1 unspecified atom stereocenters. The van der Waals surface area contributed by atoms with E-state index >= 15 is 0 Å². The van der Waals surface area contributed by atoms with E-state index in [1.54, 1.807) is 13.1 Å². The molecule has 0 bridgehead atoms. The Bertz CT molecular complexity index is 1000. The van der Waals surface area contributed by atoms with Gasteiger partial charge in [0.1, 0.15) is 23.4 Å². The van der Waals surface area contributed by atoms with Gasteiger partial charge in [-0.1, -0.05) is 37.3 Å². The van der Waals surface area contributed by atoms with Crippen LogP contribution in [0.4, 0.5) is 5.69 Å². The molecule has 0 spiro atoms. The molecule has 2 heterocycles. The number of para-hydroxylation sites is 1. The lowest BCUT2D eigenvalue weighted by atomic mass is 9.96. The summed E-state index contributed by atoms with van der Waals surface area (Å²) in [5, 5.41) is 0. The number of carbonyl (C=O) groups is 1. The monoisotopic (exact) mass is 416 g/mol. The molecule has 0 radical (unpaired) electrons. The lowest BCUT2D eigenvalue weighted by Crippen LogP contribution is -2.24. The number of pyridine rings is 1. The largest absolute Gasteiger partial charge is 0.489 e. The summed E-state index contributed by atoms with van der Waals surface area (Å²) >= 11 is 0. The summed E-state index contributed by atoms with van der Waals surface area (Å²) in [7, 11) is 0. The highest BCUT2D eigenvalue weighted by molar-refractivity contribution is 5.76. The van der Waals surface area contributed by atoms with Crippen molar-refractivity contribution in [1.29, 1.82) is 0 Å². The van der Waals surface area contributed by atoms with Gasteiger partial charge in [-0.25, -0.2) is 4.98 Å². The average molecular weight is 417 g/mol. The van der Waals surface area contributed by atoms with Gasteiger partial charge in [0.25, 0.3) is 0 Å². The van der Waals surface area contributed by atoms with Crippen molar-refractivity contribution in [2.24, 2.45) is 0 Å². The van der Waals surface area contributed by atoms with Crippen LogP contribution in [0, 0.1) is 0 Å². The number of ether oxygens (including phenoxy) is 2. The maximum Gasteiger partial charge on any atom is 0.221 e. The second kappa shape index (κ2) is 9.65. The zero-order chi connectivity index (χ0) is 21.6. The highest BCUT2D eigenvalue weighted by Gasteiger charge is 2.25. The number of carbonyl (C=O) groups excluding carboxylic acids is 1. The molecule has 1 aromatic heterocycles. The van der Waals surface area contributed by atoms with Crippen LogP contribution in [-0.2, 0) is 4.79 Å². The zero-order valence-electron chi connectivity index (χ0n) is 18.0. The Balaban J connectivity index is 1.34. The highest BCUT2D eigenvalue weighted by Crippen LogP contribution is 2.28. The van der Waals surface area contributed by atoms with E-state index in [0.717, 1.165) is 36.7 Å². The van der Waals surface area contributed by atoms with Gasteiger partial charge >= 0.3 is 0 Å². The maximum atomic E-state index is 11.3. The van der Waals surface area contributed by atoms with Crippen LogP contribution in [0.1, 0.15) is 38.2 Å². The van der Waals surface area contributed by atoms with Crippen LogP contribution in [0.3, 0.4) is 0 Å². The molecule has 1 saturated heterocycles. The molecule has 3 aromatic rings. The minimum atomic E-state index is 0.132. The average Bonchev–Trinajstić information content (AvgIpc) is 3.23. The van der Waals surface area contributed by atoms with E-state index in [9.17, 15) is 4.79 Å². The summed E-state index contributed by atoms with van der Waals surface area (Å²) in [5.74, 6) is 2.67. The molecular weight excluding hydrogens is 388 g/mol. The van der Waals surface area contributed by atoms with E-state index in [1.165, 1.54) is 5.56 Å². The maximum absolute atomic E-state index is 11.3. The van der Waals surface area contributed by atoms with Gasteiger partial charge in [-0.05, 0) is 48.7 Å². The molecule has 2 atom stereocenters. The molecule has 31 heavy (non-hydrogen) atoms. The summed E-state index contributed by atoms with van der Waals surface area (Å²) < 4.78 is 12.1. The van der Waals surface area contributed by atoms with Crippen LogP contribution >= 0.6 is 0 Å². The van der Waals surface area contributed by atoms with Crippen LogP contribution in [-0.4, -0.2) is 30.0 Å². The number of rotatable bonds is 8. The standard InChI is InChI=1S/C26H28N2O3/c1-19(16-20(2)29)21-8-10-24(11-9-21)30-25-13-15-28(18-25)22-12-14-27-26(17-22)31-23-6-4-3-5-7-23/h3-12,14,17,19,25H,13,15-16,18H2,1-2H3/t19-,25?/m1/s1. The van der Waals surface area contributed by atoms with Crippen LogP contribution < -0.4 is 14.4 Å². The van der Waals surface area contributed by atoms with Gasteiger partial charge in [0.2, 0.25) is 5.88 Å². The third kappa shape index (κ3) is 5.63. The predicted molar refractivity (Wildman–Crippen MR) is 122 cm³/mol. The van der Waals surface area contributed by atoms with Crippen molar-refractivity contribution in [3.8, 4) is 17.4 Å². The Hall–Kier alpha value is -3.34. The Kier molecular flexibility index (Phi) is 6.51. The molecule has 0 amide bonds. The first-order valence-electron chi connectivity index (χ1n) is 10.8. The molecular formula is C26H28N2O3. The smallest absolute Gasteiger partial charge is 0.221 e. The van der Waals surface area contributed by atoms with Gasteiger partial charge in [0.05, 0.1) is 6.54 Å². The van der Waals surface area contributed by atoms with E-state index in [4.69, 9.17) is 9.47 Å². The summed E-state index contributed by atoms with van der Waals surface area (Å²) in [6, 6.07) is 21.8. The summed E-state index contributed by atoms with van der Waals surface area (Å²) in [4.78, 5) is 18.0. The Morgan fingerprint density at radius 3 is 2.61 bits per heavy atom. The molecule has 1 aliphatic heterocycles. The van der Waals surface area contributed by atoms with E-state index in [2.05, 4.69) is 28.9 Å². The second-order valence-corrected chi connectivity index (χ2v) is 8.12. The quantitative estimate of drug-likeness (QED) is 0.477. The third-order valence-corrected chi connectivity index (χ3v) is 5.54. The highest BCUT2D eigenvalue weighted by atomic mass is 16.5. The predicted octanol–water partition coefficient (Wildman–Crippen LogP) is 5.61. The zero-order valence-corrected chi connectivity index (χ0v) is 18.0. The van der Waals surface area contributed by atoms with Gasteiger partial charge in [-0.15, -0.1) is 0 Å². The fraction of sp³-hybridized carbons (Fsp3) is 0.308. The lowest BCUT2D eigenvalue weighted by molar-refractivity contribution is -0.117. The van der Waals surface area contributed by atoms with Gasteiger partial charge < -0.3 is 19.2 Å². The van der Waals surface area contributed by atoms with Crippen molar-refractivity contribution in [1.82, 2.24) is 4.98 Å². The van der Waals surface area contributed by atoms with E-state index in [1.807, 2.05) is 54.6 Å². The molecule has 160 valence electrons. The number of ketones is 1. The molecule has 0 aliphatic carbocycles. The molecule has 1 fully saturated rings. The molecule has 2 aromatic carbocycles. The fourth-order valence-electron chi connectivity index (χ4n) is 3.94. The third-order valence-electron chi connectivity index (χ3n) is 5.54. The number of Topliss-reactive ketones (excluding diaryl/α,β-unsaturated/α-hetero) is 1. The Morgan fingerprint density at radius 1 is 1.10 bits per heavy atom. The van der Waals surface area contributed by atoms with Crippen LogP contribution in [0.25, 0.3) is 0 Å². The molecule has 5 heteroatoms. The van der Waals surface area contributed by atoms with Crippen LogP contribution in [0.5, 0.6) is 17.4 Å².